The summed E-state index contributed by atoms with van der Waals surface area (Å²) in [4.78, 5) is 18.0. The number of hydrogen-bond acceptors (Lipinski definition) is 4. The largest absolute Gasteiger partial charge is 0.391 e. The molecule has 5 nitrogen and oxygen atoms in total. The lowest BCUT2D eigenvalue weighted by Crippen LogP contribution is -2.27. The molecule has 0 spiro atoms. The van der Waals surface area contributed by atoms with Gasteiger partial charge < -0.3 is 10.4 Å². The third-order valence-corrected chi connectivity index (χ3v) is 3.76. The molecular weight excluding hydrogens is 254 g/mol. The maximum absolute atomic E-state index is 11.4. The second-order valence-electron chi connectivity index (χ2n) is 5.66. The molecule has 1 aliphatic heterocycles. The van der Waals surface area contributed by atoms with Crippen molar-refractivity contribution in [1.29, 1.82) is 0 Å². The number of β-amino-alcohol motifs (C(OH)–C–C–N with tert-alkyl or cyclic N) is 1. The van der Waals surface area contributed by atoms with Crippen molar-refractivity contribution in [2.45, 2.75) is 32.9 Å². The van der Waals surface area contributed by atoms with Crippen LogP contribution in [0, 0.1) is 19.8 Å². The fraction of sp³-hybridized carbons (Fsp3) is 0.600. The van der Waals surface area contributed by atoms with Crippen molar-refractivity contribution in [3.05, 3.63) is 29.1 Å². The lowest BCUT2D eigenvalue weighted by atomic mass is 10.0. The summed E-state index contributed by atoms with van der Waals surface area (Å²) in [6.45, 7) is 6.16. The minimum Gasteiger partial charge on any atom is -0.391 e. The van der Waals surface area contributed by atoms with Crippen molar-refractivity contribution in [3.63, 3.8) is 0 Å². The number of nitrogens with zero attached hydrogens (tertiary/aromatic N) is 2. The summed E-state index contributed by atoms with van der Waals surface area (Å²) < 4.78 is 0. The normalized spacial score (nSPS) is 23.0. The number of aliphatic hydroxyl groups is 1. The Balaban J connectivity index is 1.96. The van der Waals surface area contributed by atoms with Crippen LogP contribution in [0.15, 0.2) is 12.1 Å². The number of pyridine rings is 1. The van der Waals surface area contributed by atoms with Gasteiger partial charge in [0.1, 0.15) is 0 Å². The van der Waals surface area contributed by atoms with Gasteiger partial charge in [-0.15, -0.1) is 0 Å². The number of amides is 1. The fourth-order valence-electron chi connectivity index (χ4n) is 2.88. The first-order valence-electron chi connectivity index (χ1n) is 7.03. The predicted octanol–water partition coefficient (Wildman–Crippen LogP) is 0.627. The van der Waals surface area contributed by atoms with Crippen LogP contribution in [0.4, 0.5) is 0 Å². The molecule has 0 aliphatic carbocycles. The second-order valence-corrected chi connectivity index (χ2v) is 5.66. The quantitative estimate of drug-likeness (QED) is 0.847. The summed E-state index contributed by atoms with van der Waals surface area (Å²) in [5.41, 5.74) is 3.24. The smallest absolute Gasteiger partial charge is 0.220 e. The highest BCUT2D eigenvalue weighted by atomic mass is 16.3. The zero-order chi connectivity index (χ0) is 14.7. The Morgan fingerprint density at radius 3 is 2.65 bits per heavy atom. The number of rotatable bonds is 4. The lowest BCUT2D eigenvalue weighted by Gasteiger charge is -2.16. The molecule has 5 heteroatoms. The number of likely N-dealkylation sites (tertiary alicyclic amines) is 1. The minimum atomic E-state index is -0.420. The third-order valence-electron chi connectivity index (χ3n) is 3.76. The van der Waals surface area contributed by atoms with Gasteiger partial charge in [0.15, 0.2) is 0 Å². The van der Waals surface area contributed by atoms with Gasteiger partial charge in [0.05, 0.1) is 6.10 Å². The predicted molar refractivity (Wildman–Crippen MR) is 77.2 cm³/mol. The molecule has 1 fully saturated rings. The van der Waals surface area contributed by atoms with Gasteiger partial charge >= 0.3 is 0 Å². The van der Waals surface area contributed by atoms with E-state index in [4.69, 9.17) is 0 Å². The van der Waals surface area contributed by atoms with Gasteiger partial charge in [0.2, 0.25) is 5.91 Å². The number of carbonyl (C=O) groups excluding carboxylic acids is 1. The molecule has 2 N–H and O–H groups in total. The molecule has 1 aliphatic rings. The van der Waals surface area contributed by atoms with Gasteiger partial charge in [-0.3, -0.25) is 14.7 Å². The highest BCUT2D eigenvalue weighted by Crippen LogP contribution is 2.22. The van der Waals surface area contributed by atoms with Gasteiger partial charge in [-0.25, -0.2) is 0 Å². The van der Waals surface area contributed by atoms with Crippen LogP contribution in [-0.4, -0.2) is 47.1 Å². The first kappa shape index (κ1) is 14.9. The number of nitrogens with one attached hydrogen (secondary N) is 1. The molecule has 1 saturated heterocycles. The van der Waals surface area contributed by atoms with E-state index in [1.54, 1.807) is 7.05 Å². The van der Waals surface area contributed by atoms with Crippen LogP contribution in [0.1, 0.15) is 23.4 Å². The van der Waals surface area contributed by atoms with E-state index in [-0.39, 0.29) is 11.8 Å². The summed E-state index contributed by atoms with van der Waals surface area (Å²) in [6, 6.07) is 4.15. The number of aliphatic hydroxyl groups excluding tert-OH is 1. The first-order valence-corrected chi connectivity index (χ1v) is 7.03. The molecule has 0 bridgehead atoms. The standard InChI is InChI=1S/C15H23N3O2/c1-10-4-12(5-11(2)17-10)7-18-8-13(14(19)9-18)6-15(20)16-3/h4-5,13-14,19H,6-9H2,1-3H3,(H,16,20)/t13-,14-/m1/s1. The van der Waals surface area contributed by atoms with Crippen molar-refractivity contribution in [3.8, 4) is 0 Å². The van der Waals surface area contributed by atoms with E-state index in [2.05, 4.69) is 27.3 Å². The highest BCUT2D eigenvalue weighted by Gasteiger charge is 2.32. The molecule has 20 heavy (non-hydrogen) atoms. The third kappa shape index (κ3) is 3.77. The van der Waals surface area contributed by atoms with Crippen molar-refractivity contribution in [1.82, 2.24) is 15.2 Å². The molecule has 1 aromatic heterocycles. The molecule has 2 heterocycles. The van der Waals surface area contributed by atoms with E-state index in [0.29, 0.717) is 13.0 Å². The first-order chi connectivity index (χ1) is 9.47. The number of hydrogen-bond donors (Lipinski definition) is 2. The van der Waals surface area contributed by atoms with E-state index in [0.717, 1.165) is 24.5 Å². The molecular formula is C15H23N3O2. The van der Waals surface area contributed by atoms with Crippen molar-refractivity contribution < 1.29 is 9.90 Å². The molecule has 0 unspecified atom stereocenters. The summed E-state index contributed by atoms with van der Waals surface area (Å²) >= 11 is 0. The molecule has 2 rings (SSSR count). The van der Waals surface area contributed by atoms with E-state index >= 15 is 0 Å². The molecule has 0 saturated carbocycles. The summed E-state index contributed by atoms with van der Waals surface area (Å²) in [7, 11) is 1.63. The van der Waals surface area contributed by atoms with Gasteiger partial charge in [0, 0.05) is 50.4 Å². The summed E-state index contributed by atoms with van der Waals surface area (Å²) in [6.07, 6.45) is -0.0286. The topological polar surface area (TPSA) is 65.5 Å². The van der Waals surface area contributed by atoms with Gasteiger partial charge in [-0.1, -0.05) is 0 Å². The van der Waals surface area contributed by atoms with E-state index in [1.807, 2.05) is 13.8 Å². The Kier molecular flexibility index (Phi) is 4.73. The monoisotopic (exact) mass is 277 g/mol. The van der Waals surface area contributed by atoms with Crippen molar-refractivity contribution >= 4 is 5.91 Å². The molecule has 110 valence electrons. The molecule has 0 aromatic carbocycles. The Morgan fingerprint density at radius 1 is 1.40 bits per heavy atom. The maximum atomic E-state index is 11.4. The SMILES string of the molecule is CNC(=O)C[C@@H]1CN(Cc2cc(C)nc(C)c2)C[C@H]1O. The van der Waals surface area contributed by atoms with Crippen LogP contribution in [0.2, 0.25) is 0 Å². The number of carbonyl (C=O) groups is 1. The van der Waals surface area contributed by atoms with Crippen molar-refractivity contribution in [2.75, 3.05) is 20.1 Å². The minimum absolute atomic E-state index is 0.00787. The van der Waals surface area contributed by atoms with Crippen LogP contribution in [0.3, 0.4) is 0 Å². The van der Waals surface area contributed by atoms with Crippen molar-refractivity contribution in [2.24, 2.45) is 5.92 Å². The Bertz CT molecular complexity index is 470. The van der Waals surface area contributed by atoms with E-state index in [9.17, 15) is 9.90 Å². The van der Waals surface area contributed by atoms with Crippen LogP contribution >= 0.6 is 0 Å². The van der Waals surface area contributed by atoms with Gasteiger partial charge in [0.25, 0.3) is 0 Å². The summed E-state index contributed by atoms with van der Waals surface area (Å²) in [5.74, 6) is 0.0190. The van der Waals surface area contributed by atoms with E-state index < -0.39 is 6.10 Å². The fourth-order valence-corrected chi connectivity index (χ4v) is 2.88. The Labute approximate surface area is 120 Å². The summed E-state index contributed by atoms with van der Waals surface area (Å²) in [5, 5.41) is 12.7. The van der Waals surface area contributed by atoms with Crippen LogP contribution in [0.25, 0.3) is 0 Å². The van der Waals surface area contributed by atoms with Crippen LogP contribution in [0.5, 0.6) is 0 Å². The highest BCUT2D eigenvalue weighted by molar-refractivity contribution is 5.75. The van der Waals surface area contributed by atoms with Crippen LogP contribution < -0.4 is 5.32 Å². The Hall–Kier alpha value is -1.46. The average Bonchev–Trinajstić information content (AvgIpc) is 2.68. The maximum Gasteiger partial charge on any atom is 0.220 e. The molecule has 1 aromatic rings. The molecule has 1 amide bonds. The average molecular weight is 277 g/mol. The number of aromatic nitrogens is 1. The van der Waals surface area contributed by atoms with Gasteiger partial charge in [-0.05, 0) is 31.5 Å². The van der Waals surface area contributed by atoms with E-state index in [1.165, 1.54) is 5.56 Å². The lowest BCUT2D eigenvalue weighted by molar-refractivity contribution is -0.122. The number of aryl methyl sites for hydroxylation is 2. The molecule has 0 radical (unpaired) electrons. The Morgan fingerprint density at radius 2 is 2.05 bits per heavy atom. The molecule has 2 atom stereocenters. The second kappa shape index (κ2) is 6.33. The van der Waals surface area contributed by atoms with Gasteiger partial charge in [-0.2, -0.15) is 0 Å². The zero-order valence-corrected chi connectivity index (χ0v) is 12.4. The zero-order valence-electron chi connectivity index (χ0n) is 12.4. The van der Waals surface area contributed by atoms with Crippen LogP contribution in [-0.2, 0) is 11.3 Å².